The Labute approximate surface area is 234 Å². The predicted molar refractivity (Wildman–Crippen MR) is 159 cm³/mol. The minimum absolute atomic E-state index is 0.777. The van der Waals surface area contributed by atoms with E-state index in [0.29, 0.717) is 0 Å². The average molecular weight is 529 g/mol. The van der Waals surface area contributed by atoms with Crippen LogP contribution in [0.5, 0.6) is 11.5 Å². The zero-order chi connectivity index (χ0) is 26.9. The maximum absolute atomic E-state index is 5.92. The molecule has 2 unspecified atom stereocenters. The summed E-state index contributed by atoms with van der Waals surface area (Å²) in [5.41, 5.74) is 5.53. The first-order valence-corrected chi connectivity index (χ1v) is 13.9. The number of benzene rings is 4. The van der Waals surface area contributed by atoms with Crippen LogP contribution in [0.3, 0.4) is 0 Å². The first-order valence-electron chi connectivity index (χ1n) is 13.9. The Morgan fingerprint density at radius 3 is 2.27 bits per heavy atom. The molecule has 1 saturated carbocycles. The van der Waals surface area contributed by atoms with Crippen LogP contribution in [0.1, 0.15) is 5.56 Å². The largest absolute Gasteiger partial charge is 0.457 e. The van der Waals surface area contributed by atoms with Gasteiger partial charge in [-0.1, -0.05) is 48.5 Å². The van der Waals surface area contributed by atoms with Crippen LogP contribution in [-0.4, -0.2) is 41.7 Å². The van der Waals surface area contributed by atoms with Crippen molar-refractivity contribution in [2.75, 3.05) is 32.1 Å². The monoisotopic (exact) mass is 528 g/mol. The molecule has 2 aliphatic rings. The number of aromatic nitrogens is 2. The van der Waals surface area contributed by atoms with Gasteiger partial charge in [-0.2, -0.15) is 0 Å². The van der Waals surface area contributed by atoms with Crippen molar-refractivity contribution in [1.29, 1.82) is 0 Å². The average Bonchev–Trinajstić information content (AvgIpc) is 3.43. The van der Waals surface area contributed by atoms with E-state index in [-0.39, 0.29) is 0 Å². The maximum Gasteiger partial charge on any atom is 0.141 e. The minimum atomic E-state index is 0.777. The van der Waals surface area contributed by atoms with Gasteiger partial charge < -0.3 is 14.8 Å². The molecule has 2 atom stereocenters. The van der Waals surface area contributed by atoms with Crippen LogP contribution in [-0.2, 0) is 11.3 Å². The van der Waals surface area contributed by atoms with Crippen molar-refractivity contribution in [3.63, 3.8) is 0 Å². The van der Waals surface area contributed by atoms with Gasteiger partial charge in [0.2, 0.25) is 0 Å². The van der Waals surface area contributed by atoms with Gasteiger partial charge in [-0.25, -0.2) is 9.97 Å². The molecular weight excluding hydrogens is 496 g/mol. The van der Waals surface area contributed by atoms with Crippen LogP contribution in [0.4, 0.5) is 11.5 Å². The maximum atomic E-state index is 5.92. The van der Waals surface area contributed by atoms with Gasteiger partial charge in [-0.15, -0.1) is 0 Å². The molecule has 1 N–H and O–H groups in total. The number of fused-ring (bicyclic) bond motifs is 2. The molecule has 0 amide bonds. The van der Waals surface area contributed by atoms with Gasteiger partial charge >= 0.3 is 0 Å². The summed E-state index contributed by atoms with van der Waals surface area (Å²) in [5.74, 6) is 4.83. The lowest BCUT2D eigenvalue weighted by atomic mass is 10.0. The van der Waals surface area contributed by atoms with Crippen LogP contribution in [0, 0.1) is 17.8 Å². The molecule has 200 valence electrons. The number of likely N-dealkylation sites (tertiary alicyclic amines) is 1. The van der Waals surface area contributed by atoms with Crippen molar-refractivity contribution < 1.29 is 9.47 Å². The molecule has 2 heterocycles. The Morgan fingerprint density at radius 2 is 1.52 bits per heavy atom. The molecular formula is C34H32N4O2. The summed E-state index contributed by atoms with van der Waals surface area (Å²) in [5, 5.41) is 4.45. The van der Waals surface area contributed by atoms with E-state index in [1.165, 1.54) is 24.2 Å². The number of rotatable bonds is 9. The lowest BCUT2D eigenvalue weighted by Crippen LogP contribution is -2.24. The first-order chi connectivity index (χ1) is 19.7. The van der Waals surface area contributed by atoms with Crippen LogP contribution in [0.25, 0.3) is 22.0 Å². The van der Waals surface area contributed by atoms with Crippen molar-refractivity contribution >= 4 is 22.4 Å². The lowest BCUT2D eigenvalue weighted by Gasteiger charge is -2.19. The smallest absolute Gasteiger partial charge is 0.141 e. The molecule has 1 aliphatic carbocycles. The second-order valence-electron chi connectivity index (χ2n) is 10.9. The van der Waals surface area contributed by atoms with E-state index in [9.17, 15) is 0 Å². The molecule has 40 heavy (non-hydrogen) atoms. The van der Waals surface area contributed by atoms with Crippen molar-refractivity contribution in [2.24, 2.45) is 17.8 Å². The van der Waals surface area contributed by atoms with Gasteiger partial charge in [-0.3, -0.25) is 4.90 Å². The highest BCUT2D eigenvalue weighted by Crippen LogP contribution is 2.51. The lowest BCUT2D eigenvalue weighted by molar-refractivity contribution is 0.160. The summed E-state index contributed by atoms with van der Waals surface area (Å²) < 4.78 is 11.3. The van der Waals surface area contributed by atoms with E-state index >= 15 is 0 Å². The van der Waals surface area contributed by atoms with Crippen LogP contribution in [0.2, 0.25) is 0 Å². The normalized spacial score (nSPS) is 19.9. The number of hydrogen-bond donors (Lipinski definition) is 1. The van der Waals surface area contributed by atoms with E-state index in [4.69, 9.17) is 9.47 Å². The second kappa shape index (κ2) is 10.7. The molecule has 1 aromatic heterocycles. The fraction of sp³-hybridized carbons (Fsp3) is 0.235. The molecule has 6 heteroatoms. The Bertz CT molecular complexity index is 1590. The topological polar surface area (TPSA) is 59.5 Å². The van der Waals surface area contributed by atoms with E-state index < -0.39 is 0 Å². The van der Waals surface area contributed by atoms with Gasteiger partial charge in [0.1, 0.15) is 23.6 Å². The Morgan fingerprint density at radius 1 is 0.800 bits per heavy atom. The van der Waals surface area contributed by atoms with E-state index in [1.54, 1.807) is 6.33 Å². The van der Waals surface area contributed by atoms with Gasteiger partial charge in [0.15, 0.2) is 0 Å². The highest BCUT2D eigenvalue weighted by atomic mass is 16.5. The van der Waals surface area contributed by atoms with E-state index in [2.05, 4.69) is 62.6 Å². The zero-order valence-corrected chi connectivity index (χ0v) is 22.5. The second-order valence-corrected chi connectivity index (χ2v) is 10.9. The standard InChI is InChI=1S/C34H32N4O2/c1-39-21-32-30-19-38(20-31(30)32)18-23-7-9-24(10-8-23)25-11-16-33-29(17-25)34(36-22-35-33)37-26-12-14-28(15-13-26)40-27-5-3-2-4-6-27/h2-17,22,30-32H,18-21H2,1H3,(H,35,36,37). The summed E-state index contributed by atoms with van der Waals surface area (Å²) in [6.07, 6.45) is 1.60. The van der Waals surface area contributed by atoms with E-state index in [1.807, 2.05) is 61.7 Å². The molecule has 5 aromatic rings. The van der Waals surface area contributed by atoms with Crippen molar-refractivity contribution in [2.45, 2.75) is 6.54 Å². The molecule has 1 saturated heterocycles. The number of piperidine rings is 1. The van der Waals surface area contributed by atoms with Gasteiger partial charge in [0.05, 0.1) is 5.52 Å². The number of hydrogen-bond acceptors (Lipinski definition) is 6. The number of para-hydroxylation sites is 1. The number of ether oxygens (including phenoxy) is 2. The fourth-order valence-corrected chi connectivity index (χ4v) is 6.07. The molecule has 0 spiro atoms. The number of nitrogens with zero attached hydrogens (tertiary/aromatic N) is 3. The Hall–Kier alpha value is -4.26. The Balaban J connectivity index is 1.04. The summed E-state index contributed by atoms with van der Waals surface area (Å²) in [4.78, 5) is 11.6. The third-order valence-corrected chi connectivity index (χ3v) is 8.23. The Kier molecular flexibility index (Phi) is 6.63. The number of anilines is 2. The molecule has 0 bridgehead atoms. The molecule has 6 nitrogen and oxygen atoms in total. The summed E-state index contributed by atoms with van der Waals surface area (Å²) in [6, 6.07) is 33.0. The van der Waals surface area contributed by atoms with Crippen molar-refractivity contribution in [1.82, 2.24) is 14.9 Å². The molecule has 1 aliphatic heterocycles. The van der Waals surface area contributed by atoms with Crippen LogP contribution < -0.4 is 10.1 Å². The van der Waals surface area contributed by atoms with Crippen LogP contribution in [0.15, 0.2) is 103 Å². The van der Waals surface area contributed by atoms with Gasteiger partial charge in [0, 0.05) is 44.4 Å². The SMILES string of the molecule is COCC1C2CN(Cc3ccc(-c4ccc5ncnc(Nc6ccc(Oc7ccccc7)cc6)c5c4)cc3)CC12. The third-order valence-electron chi connectivity index (χ3n) is 8.23. The first kappa shape index (κ1) is 24.8. The summed E-state index contributed by atoms with van der Waals surface area (Å²) in [6.45, 7) is 4.33. The predicted octanol–water partition coefficient (Wildman–Crippen LogP) is 7.16. The zero-order valence-electron chi connectivity index (χ0n) is 22.5. The number of nitrogens with one attached hydrogen (secondary N) is 1. The quantitative estimate of drug-likeness (QED) is 0.219. The molecule has 2 fully saturated rings. The summed E-state index contributed by atoms with van der Waals surface area (Å²) >= 11 is 0. The minimum Gasteiger partial charge on any atom is -0.457 e. The molecule has 4 aromatic carbocycles. The number of methoxy groups -OCH3 is 1. The third kappa shape index (κ3) is 5.16. The van der Waals surface area contributed by atoms with Crippen LogP contribution >= 0.6 is 0 Å². The van der Waals surface area contributed by atoms with Gasteiger partial charge in [0.25, 0.3) is 0 Å². The highest BCUT2D eigenvalue weighted by Gasteiger charge is 2.55. The van der Waals surface area contributed by atoms with Crippen molar-refractivity contribution in [3.8, 4) is 22.6 Å². The summed E-state index contributed by atoms with van der Waals surface area (Å²) in [7, 11) is 1.81. The molecule has 7 rings (SSSR count). The molecule has 0 radical (unpaired) electrons. The fourth-order valence-electron chi connectivity index (χ4n) is 6.07. The van der Waals surface area contributed by atoms with E-state index in [0.717, 1.165) is 70.4 Å². The van der Waals surface area contributed by atoms with Crippen molar-refractivity contribution in [3.05, 3.63) is 109 Å². The van der Waals surface area contributed by atoms with Gasteiger partial charge in [-0.05, 0) is 83.0 Å². The highest BCUT2D eigenvalue weighted by molar-refractivity contribution is 5.93.